The van der Waals surface area contributed by atoms with Gasteiger partial charge in [-0.1, -0.05) is 12.1 Å². The number of hydrogen-bond donors (Lipinski definition) is 0. The monoisotopic (exact) mass is 638 g/mol. The number of rotatable bonds is 10. The molecule has 3 aliphatic rings. The van der Waals surface area contributed by atoms with Crippen molar-refractivity contribution in [3.63, 3.8) is 0 Å². The zero-order valence-corrected chi connectivity index (χ0v) is 26.9. The van der Waals surface area contributed by atoms with Crippen LogP contribution in [-0.4, -0.2) is 63.3 Å². The highest BCUT2D eigenvalue weighted by atomic mass is 32.1. The SMILES string of the molecule is CCc1ncncc1Oc1cc(OCC2(C=O)CC2)nc(-c2noc3c2CCC[C@@]32CCCc3sc(N=CN(C)C)c(C#N)c32)n1. The maximum absolute atomic E-state index is 11.6. The average Bonchev–Trinajstić information content (AvgIpc) is 3.55. The van der Waals surface area contributed by atoms with Gasteiger partial charge in [-0.05, 0) is 63.4 Å². The Bertz CT molecular complexity index is 1870. The van der Waals surface area contributed by atoms with Gasteiger partial charge in [0.2, 0.25) is 11.8 Å². The zero-order chi connectivity index (χ0) is 31.9. The second-order valence-corrected chi connectivity index (χ2v) is 13.5. The number of nitriles is 1. The molecule has 0 bridgehead atoms. The minimum absolute atomic E-state index is 0.220. The van der Waals surface area contributed by atoms with Crippen LogP contribution >= 0.6 is 11.3 Å². The lowest BCUT2D eigenvalue weighted by Crippen LogP contribution is -2.35. The van der Waals surface area contributed by atoms with Crippen LogP contribution < -0.4 is 9.47 Å². The quantitative estimate of drug-likeness (QED) is 0.119. The van der Waals surface area contributed by atoms with Gasteiger partial charge in [0.05, 0.1) is 40.7 Å². The van der Waals surface area contributed by atoms with Crippen LogP contribution in [0.5, 0.6) is 17.5 Å². The summed E-state index contributed by atoms with van der Waals surface area (Å²) in [6.07, 6.45) is 13.2. The van der Waals surface area contributed by atoms with E-state index in [1.54, 1.807) is 29.9 Å². The highest BCUT2D eigenvalue weighted by Crippen LogP contribution is 2.56. The van der Waals surface area contributed by atoms with E-state index in [2.05, 4.69) is 26.2 Å². The molecule has 4 heterocycles. The van der Waals surface area contributed by atoms with Crippen LogP contribution in [0.25, 0.3) is 11.5 Å². The second-order valence-electron chi connectivity index (χ2n) is 12.5. The Morgan fingerprint density at radius 1 is 1.17 bits per heavy atom. The van der Waals surface area contributed by atoms with Gasteiger partial charge >= 0.3 is 0 Å². The Balaban J connectivity index is 1.31. The van der Waals surface area contributed by atoms with Crippen molar-refractivity contribution >= 4 is 29.0 Å². The van der Waals surface area contributed by atoms with Crippen molar-refractivity contribution in [2.24, 2.45) is 10.4 Å². The molecule has 0 saturated heterocycles. The summed E-state index contributed by atoms with van der Waals surface area (Å²) in [7, 11) is 3.82. The molecule has 1 fully saturated rings. The maximum Gasteiger partial charge on any atom is 0.226 e. The smallest absolute Gasteiger partial charge is 0.226 e. The molecular weight excluding hydrogens is 604 g/mol. The molecule has 3 aliphatic carbocycles. The first-order valence-electron chi connectivity index (χ1n) is 15.6. The van der Waals surface area contributed by atoms with Crippen molar-refractivity contribution < 1.29 is 18.8 Å². The largest absolute Gasteiger partial charge is 0.476 e. The molecule has 12 nitrogen and oxygen atoms in total. The van der Waals surface area contributed by atoms with Gasteiger partial charge in [0.1, 0.15) is 30.3 Å². The summed E-state index contributed by atoms with van der Waals surface area (Å²) in [5, 5.41) is 15.7. The Hall–Kier alpha value is -4.70. The normalized spacial score (nSPS) is 19.3. The number of fused-ring (bicyclic) bond motifs is 4. The third kappa shape index (κ3) is 5.30. The number of aliphatic imine (C=N–C) groups is 1. The Morgan fingerprint density at radius 3 is 2.72 bits per heavy atom. The second kappa shape index (κ2) is 11.9. The van der Waals surface area contributed by atoms with Gasteiger partial charge in [0.15, 0.2) is 23.0 Å². The number of aromatic nitrogens is 5. The first kappa shape index (κ1) is 30.0. The summed E-state index contributed by atoms with van der Waals surface area (Å²) in [6.45, 7) is 2.21. The van der Waals surface area contributed by atoms with Gasteiger partial charge in [0.25, 0.3) is 0 Å². The van der Waals surface area contributed by atoms with Crippen LogP contribution in [0, 0.1) is 16.7 Å². The Kier molecular flexibility index (Phi) is 7.76. The third-order valence-electron chi connectivity index (χ3n) is 9.07. The van der Waals surface area contributed by atoms with E-state index in [-0.39, 0.29) is 18.4 Å². The number of nitrogens with zero attached hydrogens (tertiary/aromatic N) is 8. The molecular formula is C33H34N8O4S. The fourth-order valence-electron chi connectivity index (χ4n) is 6.55. The molecule has 0 unspecified atom stereocenters. The summed E-state index contributed by atoms with van der Waals surface area (Å²) in [6, 6.07) is 4.08. The molecule has 4 aromatic heterocycles. The van der Waals surface area contributed by atoms with E-state index in [9.17, 15) is 10.1 Å². The van der Waals surface area contributed by atoms with Crippen LogP contribution in [0.4, 0.5) is 5.00 Å². The van der Waals surface area contributed by atoms with Crippen molar-refractivity contribution in [2.75, 3.05) is 20.7 Å². The summed E-state index contributed by atoms with van der Waals surface area (Å²) in [5.41, 5.74) is 2.89. The lowest BCUT2D eigenvalue weighted by molar-refractivity contribution is -0.113. The molecule has 13 heteroatoms. The molecule has 46 heavy (non-hydrogen) atoms. The van der Waals surface area contributed by atoms with Gasteiger partial charge in [-0.25, -0.2) is 15.0 Å². The van der Waals surface area contributed by atoms with Gasteiger partial charge < -0.3 is 23.7 Å². The molecule has 0 N–H and O–H groups in total. The van der Waals surface area contributed by atoms with Crippen LogP contribution in [-0.2, 0) is 29.5 Å². The van der Waals surface area contributed by atoms with E-state index in [4.69, 9.17) is 24.0 Å². The molecule has 1 saturated carbocycles. The number of aldehydes is 1. The predicted octanol–water partition coefficient (Wildman–Crippen LogP) is 5.75. The van der Waals surface area contributed by atoms with Crippen LogP contribution in [0.2, 0.25) is 0 Å². The molecule has 4 aromatic rings. The lowest BCUT2D eigenvalue weighted by Gasteiger charge is -2.39. The molecule has 7 rings (SSSR count). The van der Waals surface area contributed by atoms with Crippen LogP contribution in [0.3, 0.4) is 0 Å². The van der Waals surface area contributed by atoms with E-state index < -0.39 is 10.8 Å². The summed E-state index contributed by atoms with van der Waals surface area (Å²) >= 11 is 1.59. The van der Waals surface area contributed by atoms with Crippen molar-refractivity contribution in [3.8, 4) is 35.1 Å². The zero-order valence-electron chi connectivity index (χ0n) is 26.1. The Morgan fingerprint density at radius 2 is 1.98 bits per heavy atom. The fourth-order valence-corrected chi connectivity index (χ4v) is 7.78. The van der Waals surface area contributed by atoms with E-state index >= 15 is 0 Å². The summed E-state index contributed by atoms with van der Waals surface area (Å²) < 4.78 is 18.5. The molecule has 0 aliphatic heterocycles. The number of hydrogen-bond acceptors (Lipinski definition) is 12. The van der Waals surface area contributed by atoms with Crippen molar-refractivity contribution in [3.05, 3.63) is 51.6 Å². The standard InChI is InChI=1S/C33H34N8O4S/c1-4-22-23(15-35-18-36-22)44-26-13-25(43-17-32(16-42)11-12-32)38-30(39-26)28-20-7-5-9-33(29(20)45-40-28)10-6-8-24-27(33)21(14-34)31(46-24)37-19-41(2)3/h13,15-16,18-19H,4-12,17H2,1-3H3/t33-/m0/s1. The molecule has 1 atom stereocenters. The number of ether oxygens (including phenoxy) is 2. The molecule has 236 valence electrons. The van der Waals surface area contributed by atoms with Crippen molar-refractivity contribution in [2.45, 2.75) is 70.1 Å². The minimum Gasteiger partial charge on any atom is -0.476 e. The fraction of sp³-hybridized carbons (Fsp3) is 0.455. The van der Waals surface area contributed by atoms with Gasteiger partial charge in [-0.3, -0.25) is 0 Å². The average molecular weight is 639 g/mol. The van der Waals surface area contributed by atoms with Gasteiger partial charge in [-0.15, -0.1) is 11.3 Å². The number of carbonyl (C=O) groups is 1. The van der Waals surface area contributed by atoms with Crippen molar-refractivity contribution in [1.82, 2.24) is 30.0 Å². The molecule has 0 aromatic carbocycles. The van der Waals surface area contributed by atoms with Crippen LogP contribution in [0.15, 0.2) is 28.1 Å². The molecule has 1 spiro atoms. The van der Waals surface area contributed by atoms with E-state index in [0.29, 0.717) is 29.3 Å². The number of aryl methyl sites for hydroxylation is 2. The summed E-state index contributed by atoms with van der Waals surface area (Å²) in [5.74, 6) is 2.08. The first-order valence-corrected chi connectivity index (χ1v) is 16.4. The highest BCUT2D eigenvalue weighted by Gasteiger charge is 2.49. The van der Waals surface area contributed by atoms with Gasteiger partial charge in [-0.2, -0.15) is 15.2 Å². The Labute approximate surface area is 270 Å². The van der Waals surface area contributed by atoms with Crippen LogP contribution in [0.1, 0.15) is 78.5 Å². The molecule has 0 amide bonds. The van der Waals surface area contributed by atoms with E-state index in [1.165, 1.54) is 11.2 Å². The van der Waals surface area contributed by atoms with Crippen molar-refractivity contribution in [1.29, 1.82) is 5.26 Å². The summed E-state index contributed by atoms with van der Waals surface area (Å²) in [4.78, 5) is 37.3. The van der Waals surface area contributed by atoms with E-state index in [1.807, 2.05) is 25.9 Å². The third-order valence-corrected chi connectivity index (χ3v) is 10.2. The topological polar surface area (TPSA) is 153 Å². The minimum atomic E-state index is -0.479. The first-order chi connectivity index (χ1) is 22.4. The highest BCUT2D eigenvalue weighted by molar-refractivity contribution is 7.16. The number of carbonyl (C=O) groups excluding carboxylic acids is 1. The predicted molar refractivity (Wildman–Crippen MR) is 170 cm³/mol. The lowest BCUT2D eigenvalue weighted by atomic mass is 9.63. The molecule has 0 radical (unpaired) electrons. The van der Waals surface area contributed by atoms with Gasteiger partial charge in [0, 0.05) is 24.5 Å². The maximum atomic E-state index is 11.6. The number of thiophene rings is 1. The van der Waals surface area contributed by atoms with E-state index in [0.717, 1.165) is 85.2 Å².